The number of nitrogens with zero attached hydrogens (tertiary/aromatic N) is 3. The highest BCUT2D eigenvalue weighted by Crippen LogP contribution is 2.22. The first kappa shape index (κ1) is 11.5. The number of rotatable bonds is 3. The van der Waals surface area contributed by atoms with Gasteiger partial charge in [-0.25, -0.2) is 9.78 Å². The molecule has 0 amide bonds. The van der Waals surface area contributed by atoms with Crippen molar-refractivity contribution in [2.24, 2.45) is 0 Å². The van der Waals surface area contributed by atoms with Crippen LogP contribution in [0.2, 0.25) is 0 Å². The number of aromatic nitrogens is 3. The Hall–Kier alpha value is -2.54. The van der Waals surface area contributed by atoms with Gasteiger partial charge in [0.25, 0.3) is 5.89 Å². The van der Waals surface area contributed by atoms with Crippen molar-refractivity contribution in [2.75, 3.05) is 0 Å². The summed E-state index contributed by atoms with van der Waals surface area (Å²) >= 11 is 1.44. The summed E-state index contributed by atoms with van der Waals surface area (Å²) in [5, 5.41) is 14.6. The third kappa shape index (κ3) is 2.23. The lowest BCUT2D eigenvalue weighted by molar-refractivity contribution is 0.0697. The van der Waals surface area contributed by atoms with Gasteiger partial charge in [0.1, 0.15) is 5.69 Å². The van der Waals surface area contributed by atoms with Gasteiger partial charge in [-0.05, 0) is 18.2 Å². The fourth-order valence-electron chi connectivity index (χ4n) is 1.55. The van der Waals surface area contributed by atoms with Gasteiger partial charge < -0.3 is 9.63 Å². The molecule has 0 unspecified atom stereocenters. The molecule has 6 nitrogen and oxygen atoms in total. The number of carbonyl (C=O) groups is 1. The SMILES string of the molecule is O=C(O)c1cccc(-c2nc(-c3cscn3)no2)c1. The van der Waals surface area contributed by atoms with Gasteiger partial charge >= 0.3 is 5.97 Å². The number of hydrogen-bond donors (Lipinski definition) is 1. The zero-order valence-electron chi connectivity index (χ0n) is 9.48. The minimum Gasteiger partial charge on any atom is -0.478 e. The highest BCUT2D eigenvalue weighted by atomic mass is 32.1. The van der Waals surface area contributed by atoms with Gasteiger partial charge in [-0.3, -0.25) is 0 Å². The molecule has 3 aromatic rings. The maximum absolute atomic E-state index is 10.9. The molecule has 0 saturated heterocycles. The van der Waals surface area contributed by atoms with Crippen LogP contribution in [0, 0.1) is 0 Å². The van der Waals surface area contributed by atoms with Gasteiger partial charge in [-0.1, -0.05) is 11.2 Å². The summed E-state index contributed by atoms with van der Waals surface area (Å²) in [4.78, 5) is 19.2. The molecule has 0 bridgehead atoms. The molecule has 0 aliphatic heterocycles. The predicted molar refractivity (Wildman–Crippen MR) is 67.8 cm³/mol. The first-order valence-electron chi connectivity index (χ1n) is 5.30. The lowest BCUT2D eigenvalue weighted by atomic mass is 10.1. The Balaban J connectivity index is 1.99. The van der Waals surface area contributed by atoms with E-state index in [-0.39, 0.29) is 11.5 Å². The molecule has 94 valence electrons. The summed E-state index contributed by atoms with van der Waals surface area (Å²) in [7, 11) is 0. The summed E-state index contributed by atoms with van der Waals surface area (Å²) in [6.45, 7) is 0. The third-order valence-corrected chi connectivity index (χ3v) is 3.03. The topological polar surface area (TPSA) is 89.1 Å². The van der Waals surface area contributed by atoms with Gasteiger partial charge in [-0.15, -0.1) is 11.3 Å². The zero-order valence-corrected chi connectivity index (χ0v) is 10.3. The van der Waals surface area contributed by atoms with E-state index in [1.54, 1.807) is 17.6 Å². The Morgan fingerprint density at radius 2 is 2.26 bits per heavy atom. The van der Waals surface area contributed by atoms with Crippen LogP contribution in [0.4, 0.5) is 0 Å². The summed E-state index contributed by atoms with van der Waals surface area (Å²) in [5.74, 6) is -0.343. The van der Waals surface area contributed by atoms with Crippen LogP contribution < -0.4 is 0 Å². The van der Waals surface area contributed by atoms with Gasteiger partial charge in [0.05, 0.1) is 11.1 Å². The molecule has 0 aliphatic rings. The average molecular weight is 273 g/mol. The summed E-state index contributed by atoms with van der Waals surface area (Å²) < 4.78 is 5.12. The average Bonchev–Trinajstić information content (AvgIpc) is 3.09. The molecule has 19 heavy (non-hydrogen) atoms. The van der Waals surface area contributed by atoms with Gasteiger partial charge in [0.2, 0.25) is 5.82 Å². The zero-order chi connectivity index (χ0) is 13.2. The summed E-state index contributed by atoms with van der Waals surface area (Å²) in [5.41, 5.74) is 3.05. The summed E-state index contributed by atoms with van der Waals surface area (Å²) in [6.07, 6.45) is 0. The Labute approximate surface area is 111 Å². The molecule has 0 atom stereocenters. The normalized spacial score (nSPS) is 10.5. The Morgan fingerprint density at radius 3 is 3.00 bits per heavy atom. The van der Waals surface area contributed by atoms with Crippen LogP contribution in [0.25, 0.3) is 23.0 Å². The van der Waals surface area contributed by atoms with Crippen LogP contribution in [-0.4, -0.2) is 26.2 Å². The molecule has 0 saturated carbocycles. The molecule has 1 N–H and O–H groups in total. The fraction of sp³-hybridized carbons (Fsp3) is 0. The minimum atomic E-state index is -0.999. The van der Waals surface area contributed by atoms with Crippen molar-refractivity contribution in [2.45, 2.75) is 0 Å². The van der Waals surface area contributed by atoms with E-state index in [9.17, 15) is 4.79 Å². The first-order chi connectivity index (χ1) is 9.24. The van der Waals surface area contributed by atoms with Crippen LogP contribution in [0.5, 0.6) is 0 Å². The van der Waals surface area contributed by atoms with E-state index in [0.717, 1.165) is 0 Å². The second-order valence-electron chi connectivity index (χ2n) is 3.68. The van der Waals surface area contributed by atoms with Crippen molar-refractivity contribution in [1.82, 2.24) is 15.1 Å². The van der Waals surface area contributed by atoms with E-state index in [4.69, 9.17) is 9.63 Å². The molecule has 1 aromatic carbocycles. The monoisotopic (exact) mass is 273 g/mol. The van der Waals surface area contributed by atoms with Crippen molar-refractivity contribution in [3.63, 3.8) is 0 Å². The van der Waals surface area contributed by atoms with E-state index in [2.05, 4.69) is 15.1 Å². The minimum absolute atomic E-state index is 0.172. The quantitative estimate of drug-likeness (QED) is 0.788. The van der Waals surface area contributed by atoms with E-state index in [0.29, 0.717) is 17.1 Å². The molecular formula is C12H7N3O3S. The van der Waals surface area contributed by atoms with E-state index in [1.165, 1.54) is 23.5 Å². The van der Waals surface area contributed by atoms with Gasteiger partial charge in [-0.2, -0.15) is 4.98 Å². The van der Waals surface area contributed by atoms with Crippen LogP contribution in [-0.2, 0) is 0 Å². The second-order valence-corrected chi connectivity index (χ2v) is 4.40. The molecule has 0 fully saturated rings. The Kier molecular flexibility index (Phi) is 2.81. The number of thiazole rings is 1. The van der Waals surface area contributed by atoms with Gasteiger partial charge in [0, 0.05) is 10.9 Å². The smallest absolute Gasteiger partial charge is 0.335 e. The van der Waals surface area contributed by atoms with Crippen LogP contribution in [0.1, 0.15) is 10.4 Å². The molecule has 0 spiro atoms. The molecule has 0 aliphatic carbocycles. The lowest BCUT2D eigenvalue weighted by Crippen LogP contribution is -1.95. The van der Waals surface area contributed by atoms with Gasteiger partial charge in [0.15, 0.2) is 0 Å². The maximum Gasteiger partial charge on any atom is 0.335 e. The Morgan fingerprint density at radius 1 is 1.37 bits per heavy atom. The van der Waals surface area contributed by atoms with Crippen molar-refractivity contribution in [1.29, 1.82) is 0 Å². The molecule has 2 aromatic heterocycles. The van der Waals surface area contributed by atoms with Crippen molar-refractivity contribution >= 4 is 17.3 Å². The Bertz CT molecular complexity index is 721. The fourth-order valence-corrected chi connectivity index (χ4v) is 2.08. The maximum atomic E-state index is 10.9. The molecule has 3 rings (SSSR count). The first-order valence-corrected chi connectivity index (χ1v) is 6.24. The summed E-state index contributed by atoms with van der Waals surface area (Å²) in [6, 6.07) is 6.33. The highest BCUT2D eigenvalue weighted by molar-refractivity contribution is 7.07. The largest absolute Gasteiger partial charge is 0.478 e. The third-order valence-electron chi connectivity index (χ3n) is 2.44. The number of carboxylic acids is 1. The number of hydrogen-bond acceptors (Lipinski definition) is 6. The number of carboxylic acid groups (broad SMARTS) is 1. The number of benzene rings is 1. The standard InChI is InChI=1S/C12H7N3O3S/c16-12(17)8-3-1-2-7(4-8)11-14-10(15-18-11)9-5-19-6-13-9/h1-6H,(H,16,17). The number of aromatic carboxylic acids is 1. The van der Waals surface area contributed by atoms with Crippen LogP contribution in [0.15, 0.2) is 39.7 Å². The van der Waals surface area contributed by atoms with E-state index < -0.39 is 5.97 Å². The van der Waals surface area contributed by atoms with Crippen molar-refractivity contribution in [3.05, 3.63) is 40.7 Å². The highest BCUT2D eigenvalue weighted by Gasteiger charge is 2.13. The lowest BCUT2D eigenvalue weighted by Gasteiger charge is -1.96. The second kappa shape index (κ2) is 4.62. The van der Waals surface area contributed by atoms with E-state index in [1.807, 2.05) is 5.38 Å². The van der Waals surface area contributed by atoms with Crippen LogP contribution in [0.3, 0.4) is 0 Å². The molecule has 7 heteroatoms. The molecule has 2 heterocycles. The molecular weight excluding hydrogens is 266 g/mol. The van der Waals surface area contributed by atoms with Crippen molar-refractivity contribution < 1.29 is 14.4 Å². The van der Waals surface area contributed by atoms with Crippen molar-refractivity contribution in [3.8, 4) is 23.0 Å². The van der Waals surface area contributed by atoms with E-state index >= 15 is 0 Å². The predicted octanol–water partition coefficient (Wildman–Crippen LogP) is 2.56. The molecule has 0 radical (unpaired) electrons. The van der Waals surface area contributed by atoms with Crippen LogP contribution >= 0.6 is 11.3 Å².